The molecule has 0 aliphatic carbocycles. The van der Waals surface area contributed by atoms with E-state index in [1.807, 2.05) is 0 Å². The third-order valence-electron chi connectivity index (χ3n) is 1.87. The Morgan fingerprint density at radius 1 is 1.54 bits per heavy atom. The van der Waals surface area contributed by atoms with E-state index in [0.29, 0.717) is 16.5 Å². The minimum Gasteiger partial charge on any atom is -0.479 e. The lowest BCUT2D eigenvalue weighted by atomic mass is 10.2. The highest BCUT2D eigenvalue weighted by Gasteiger charge is 2.23. The number of halogens is 1. The second-order valence-corrected chi connectivity index (χ2v) is 3.33. The van der Waals surface area contributed by atoms with E-state index in [1.54, 1.807) is 25.1 Å². The normalized spacial score (nSPS) is 20.2. The molecule has 1 aliphatic heterocycles. The molecule has 0 aromatic heterocycles. The van der Waals surface area contributed by atoms with Crippen LogP contribution in [0.3, 0.4) is 0 Å². The van der Waals surface area contributed by atoms with Crippen molar-refractivity contribution >= 4 is 23.2 Å². The van der Waals surface area contributed by atoms with Gasteiger partial charge in [0.05, 0.1) is 5.69 Å². The van der Waals surface area contributed by atoms with Crippen LogP contribution in [0.1, 0.15) is 6.92 Å². The average molecular weight is 198 g/mol. The standard InChI is InChI=1S/C9H8ClNO2/c1-5-9(12)11-7-3-2-6(10)4-8(7)13-5/h2-5H,1H3,(H,11,12). The Labute approximate surface area is 80.6 Å². The molecule has 0 saturated heterocycles. The minimum absolute atomic E-state index is 0.130. The Hall–Kier alpha value is -1.22. The summed E-state index contributed by atoms with van der Waals surface area (Å²) in [4.78, 5) is 11.2. The summed E-state index contributed by atoms with van der Waals surface area (Å²) in [7, 11) is 0. The van der Waals surface area contributed by atoms with E-state index in [2.05, 4.69) is 5.32 Å². The van der Waals surface area contributed by atoms with Crippen molar-refractivity contribution < 1.29 is 9.53 Å². The zero-order valence-electron chi connectivity index (χ0n) is 7.00. The Balaban J connectivity index is 2.42. The van der Waals surface area contributed by atoms with E-state index in [1.165, 1.54) is 0 Å². The SMILES string of the molecule is CC1Oc2cc(Cl)ccc2NC1=O. The molecule has 1 atom stereocenters. The highest BCUT2D eigenvalue weighted by Crippen LogP contribution is 2.31. The predicted molar refractivity (Wildman–Crippen MR) is 50.2 cm³/mol. The van der Waals surface area contributed by atoms with E-state index < -0.39 is 6.10 Å². The number of carbonyl (C=O) groups excluding carboxylic acids is 1. The van der Waals surface area contributed by atoms with Crippen LogP contribution in [0.25, 0.3) is 0 Å². The van der Waals surface area contributed by atoms with Crippen molar-refractivity contribution in [3.8, 4) is 5.75 Å². The van der Waals surface area contributed by atoms with Crippen molar-refractivity contribution in [2.45, 2.75) is 13.0 Å². The Morgan fingerprint density at radius 2 is 2.31 bits per heavy atom. The third kappa shape index (κ3) is 1.47. The van der Waals surface area contributed by atoms with Crippen LogP contribution in [-0.2, 0) is 4.79 Å². The molecule has 0 radical (unpaired) electrons. The summed E-state index contributed by atoms with van der Waals surface area (Å²) in [6.07, 6.45) is -0.453. The molecule has 68 valence electrons. The number of carbonyl (C=O) groups is 1. The van der Waals surface area contributed by atoms with Crippen molar-refractivity contribution in [1.29, 1.82) is 0 Å². The van der Waals surface area contributed by atoms with Gasteiger partial charge in [0.25, 0.3) is 5.91 Å². The van der Waals surface area contributed by atoms with Gasteiger partial charge in [-0.1, -0.05) is 11.6 Å². The van der Waals surface area contributed by atoms with Gasteiger partial charge in [0.15, 0.2) is 6.10 Å². The first-order valence-electron chi connectivity index (χ1n) is 3.94. The molecule has 0 bridgehead atoms. The molecule has 1 aliphatic rings. The molecule has 1 aromatic rings. The molecule has 1 unspecified atom stereocenters. The molecule has 2 rings (SSSR count). The second-order valence-electron chi connectivity index (χ2n) is 2.89. The summed E-state index contributed by atoms with van der Waals surface area (Å²) >= 11 is 5.77. The lowest BCUT2D eigenvalue weighted by Gasteiger charge is -2.23. The van der Waals surface area contributed by atoms with Crippen LogP contribution in [-0.4, -0.2) is 12.0 Å². The molecule has 0 saturated carbocycles. The van der Waals surface area contributed by atoms with Gasteiger partial charge in [-0.2, -0.15) is 0 Å². The first kappa shape index (κ1) is 8.38. The Morgan fingerprint density at radius 3 is 3.08 bits per heavy atom. The van der Waals surface area contributed by atoms with Crippen LogP contribution in [0, 0.1) is 0 Å². The smallest absolute Gasteiger partial charge is 0.265 e. The molecule has 0 fully saturated rings. The van der Waals surface area contributed by atoms with Gasteiger partial charge in [-0.15, -0.1) is 0 Å². The van der Waals surface area contributed by atoms with Gasteiger partial charge in [0.1, 0.15) is 5.75 Å². The van der Waals surface area contributed by atoms with Crippen LogP contribution >= 0.6 is 11.6 Å². The number of amides is 1. The quantitative estimate of drug-likeness (QED) is 0.692. The zero-order chi connectivity index (χ0) is 9.42. The average Bonchev–Trinajstić information content (AvgIpc) is 2.08. The van der Waals surface area contributed by atoms with Crippen LogP contribution in [0.2, 0.25) is 5.02 Å². The molecule has 1 amide bonds. The monoisotopic (exact) mass is 197 g/mol. The highest BCUT2D eigenvalue weighted by molar-refractivity contribution is 6.30. The van der Waals surface area contributed by atoms with Crippen molar-refractivity contribution in [1.82, 2.24) is 0 Å². The van der Waals surface area contributed by atoms with Crippen molar-refractivity contribution in [3.05, 3.63) is 23.2 Å². The van der Waals surface area contributed by atoms with Gasteiger partial charge < -0.3 is 10.1 Å². The van der Waals surface area contributed by atoms with E-state index in [9.17, 15) is 4.79 Å². The maximum atomic E-state index is 11.2. The van der Waals surface area contributed by atoms with Gasteiger partial charge in [-0.05, 0) is 19.1 Å². The molecular formula is C9H8ClNO2. The lowest BCUT2D eigenvalue weighted by Crippen LogP contribution is -2.34. The van der Waals surface area contributed by atoms with Gasteiger partial charge in [-0.3, -0.25) is 4.79 Å². The first-order valence-corrected chi connectivity index (χ1v) is 4.31. The minimum atomic E-state index is -0.453. The summed E-state index contributed by atoms with van der Waals surface area (Å²) in [5, 5.41) is 3.31. The predicted octanol–water partition coefficient (Wildman–Crippen LogP) is 2.06. The highest BCUT2D eigenvalue weighted by atomic mass is 35.5. The summed E-state index contributed by atoms with van der Waals surface area (Å²) in [5.74, 6) is 0.495. The fraction of sp³-hybridized carbons (Fsp3) is 0.222. The largest absolute Gasteiger partial charge is 0.479 e. The molecule has 13 heavy (non-hydrogen) atoms. The number of hydrogen-bond donors (Lipinski definition) is 1. The molecule has 0 spiro atoms. The molecule has 1 aromatic carbocycles. The summed E-state index contributed by atoms with van der Waals surface area (Å²) in [5.41, 5.74) is 0.674. The zero-order valence-corrected chi connectivity index (χ0v) is 7.76. The summed E-state index contributed by atoms with van der Waals surface area (Å²) in [6.45, 7) is 1.69. The van der Waals surface area contributed by atoms with Crippen molar-refractivity contribution in [2.24, 2.45) is 0 Å². The van der Waals surface area contributed by atoms with Crippen LogP contribution in [0.15, 0.2) is 18.2 Å². The Bertz CT molecular complexity index is 365. The third-order valence-corrected chi connectivity index (χ3v) is 2.11. The van der Waals surface area contributed by atoms with E-state index in [-0.39, 0.29) is 5.91 Å². The number of benzene rings is 1. The fourth-order valence-electron chi connectivity index (χ4n) is 1.18. The lowest BCUT2D eigenvalue weighted by molar-refractivity contribution is -0.122. The number of rotatable bonds is 0. The van der Waals surface area contributed by atoms with Crippen molar-refractivity contribution in [2.75, 3.05) is 5.32 Å². The maximum Gasteiger partial charge on any atom is 0.265 e. The summed E-state index contributed by atoms with van der Waals surface area (Å²) < 4.78 is 5.33. The molecular weight excluding hydrogens is 190 g/mol. The van der Waals surface area contributed by atoms with Gasteiger partial charge >= 0.3 is 0 Å². The van der Waals surface area contributed by atoms with Gasteiger partial charge in [0, 0.05) is 11.1 Å². The van der Waals surface area contributed by atoms with E-state index in [4.69, 9.17) is 16.3 Å². The van der Waals surface area contributed by atoms with Crippen LogP contribution in [0.5, 0.6) is 5.75 Å². The number of fused-ring (bicyclic) bond motifs is 1. The number of hydrogen-bond acceptors (Lipinski definition) is 2. The molecule has 1 N–H and O–H groups in total. The number of anilines is 1. The molecule has 1 heterocycles. The van der Waals surface area contributed by atoms with Crippen molar-refractivity contribution in [3.63, 3.8) is 0 Å². The van der Waals surface area contributed by atoms with Crippen LogP contribution in [0.4, 0.5) is 5.69 Å². The maximum absolute atomic E-state index is 11.2. The number of nitrogens with one attached hydrogen (secondary N) is 1. The van der Waals surface area contributed by atoms with E-state index >= 15 is 0 Å². The number of ether oxygens (including phenoxy) is 1. The molecule has 3 nitrogen and oxygen atoms in total. The Kier molecular flexibility index (Phi) is 1.88. The topological polar surface area (TPSA) is 38.3 Å². The van der Waals surface area contributed by atoms with Gasteiger partial charge in [0.2, 0.25) is 0 Å². The molecule has 4 heteroatoms. The first-order chi connectivity index (χ1) is 6.16. The second kappa shape index (κ2) is 2.92. The summed E-state index contributed by atoms with van der Waals surface area (Å²) in [6, 6.07) is 5.12. The van der Waals surface area contributed by atoms with Gasteiger partial charge in [-0.25, -0.2) is 0 Å². The van der Waals surface area contributed by atoms with Crippen LogP contribution < -0.4 is 10.1 Å². The van der Waals surface area contributed by atoms with E-state index in [0.717, 1.165) is 0 Å². The fourth-order valence-corrected chi connectivity index (χ4v) is 1.34.